The number of rotatable bonds is 1. The van der Waals surface area contributed by atoms with E-state index >= 15 is 0 Å². The molecule has 2 atom stereocenters. The quantitative estimate of drug-likeness (QED) is 0.569. The third-order valence-electron chi connectivity index (χ3n) is 1.87. The van der Waals surface area contributed by atoms with E-state index in [-0.39, 0.29) is 17.6 Å². The molecular formula is C9H16O3. The molecular weight excluding hydrogens is 156 g/mol. The molecule has 0 N–H and O–H groups in total. The molecule has 12 heavy (non-hydrogen) atoms. The summed E-state index contributed by atoms with van der Waals surface area (Å²) in [5.41, 5.74) is 0.174. The smallest absolute Gasteiger partial charge is 0.427 e. The summed E-state index contributed by atoms with van der Waals surface area (Å²) in [6.45, 7) is 8.21. The predicted molar refractivity (Wildman–Crippen MR) is 44.9 cm³/mol. The maximum absolute atomic E-state index is 10.7. The second-order valence-corrected chi connectivity index (χ2v) is 4.49. The van der Waals surface area contributed by atoms with Gasteiger partial charge in [0, 0.05) is 0 Å². The number of carbonyl (C=O) groups is 1. The molecule has 1 aliphatic heterocycles. The Bertz CT molecular complexity index is 181. The van der Waals surface area contributed by atoms with Crippen molar-refractivity contribution in [2.75, 3.05) is 0 Å². The molecule has 1 heterocycles. The molecule has 3 nitrogen and oxygen atoms in total. The third kappa shape index (κ3) is 2.40. The van der Waals surface area contributed by atoms with Crippen LogP contribution in [0.5, 0.6) is 0 Å². The zero-order valence-corrected chi connectivity index (χ0v) is 8.09. The Morgan fingerprint density at radius 2 is 1.92 bits per heavy atom. The third-order valence-corrected chi connectivity index (χ3v) is 1.87. The van der Waals surface area contributed by atoms with Crippen molar-refractivity contribution in [1.29, 1.82) is 0 Å². The highest BCUT2D eigenvalue weighted by atomic mass is 16.8. The summed E-state index contributed by atoms with van der Waals surface area (Å²) in [5.74, 6) is 0. The van der Waals surface area contributed by atoms with Gasteiger partial charge in [0.2, 0.25) is 0 Å². The molecule has 0 bridgehead atoms. The van der Waals surface area contributed by atoms with E-state index in [1.165, 1.54) is 0 Å². The number of hydrogen-bond acceptors (Lipinski definition) is 3. The molecule has 0 amide bonds. The molecule has 0 spiro atoms. The van der Waals surface area contributed by atoms with Crippen molar-refractivity contribution in [2.45, 2.75) is 46.3 Å². The Morgan fingerprint density at radius 1 is 1.33 bits per heavy atom. The fourth-order valence-electron chi connectivity index (χ4n) is 1.29. The highest BCUT2D eigenvalue weighted by molar-refractivity contribution is 5.62. The van der Waals surface area contributed by atoms with Crippen molar-refractivity contribution >= 4 is 6.16 Å². The van der Waals surface area contributed by atoms with Crippen molar-refractivity contribution < 1.29 is 14.3 Å². The topological polar surface area (TPSA) is 35.5 Å². The van der Waals surface area contributed by atoms with E-state index in [1.54, 1.807) is 0 Å². The minimum atomic E-state index is -0.531. The SMILES string of the molecule is CC1OC(=O)OC1CC(C)(C)C. The van der Waals surface area contributed by atoms with Crippen LogP contribution in [0.4, 0.5) is 4.79 Å². The van der Waals surface area contributed by atoms with Crippen LogP contribution in [0.1, 0.15) is 34.1 Å². The van der Waals surface area contributed by atoms with E-state index in [9.17, 15) is 4.79 Å². The lowest BCUT2D eigenvalue weighted by Crippen LogP contribution is -2.25. The van der Waals surface area contributed by atoms with Crippen molar-refractivity contribution in [1.82, 2.24) is 0 Å². The van der Waals surface area contributed by atoms with Gasteiger partial charge in [0.25, 0.3) is 0 Å². The van der Waals surface area contributed by atoms with Gasteiger partial charge in [-0.05, 0) is 18.8 Å². The van der Waals surface area contributed by atoms with E-state index in [1.807, 2.05) is 6.92 Å². The average molecular weight is 172 g/mol. The van der Waals surface area contributed by atoms with Crippen molar-refractivity contribution in [3.63, 3.8) is 0 Å². The van der Waals surface area contributed by atoms with Crippen LogP contribution in [0.25, 0.3) is 0 Å². The molecule has 2 unspecified atom stereocenters. The molecule has 1 aliphatic rings. The Morgan fingerprint density at radius 3 is 2.25 bits per heavy atom. The molecule has 1 fully saturated rings. The molecule has 70 valence electrons. The first-order valence-electron chi connectivity index (χ1n) is 4.26. The van der Waals surface area contributed by atoms with E-state index < -0.39 is 6.16 Å². The zero-order valence-electron chi connectivity index (χ0n) is 8.09. The second kappa shape index (κ2) is 2.96. The number of carbonyl (C=O) groups excluding carboxylic acids is 1. The highest BCUT2D eigenvalue weighted by Crippen LogP contribution is 2.28. The first-order chi connectivity index (χ1) is 5.38. The van der Waals surface area contributed by atoms with E-state index in [2.05, 4.69) is 20.8 Å². The van der Waals surface area contributed by atoms with Crippen LogP contribution in [0, 0.1) is 5.41 Å². The van der Waals surface area contributed by atoms with Crippen LogP contribution >= 0.6 is 0 Å². The molecule has 1 rings (SSSR count). The predicted octanol–water partition coefficient (Wildman–Crippen LogP) is 2.35. The van der Waals surface area contributed by atoms with Crippen molar-refractivity contribution in [3.8, 4) is 0 Å². The van der Waals surface area contributed by atoms with Gasteiger partial charge in [0.15, 0.2) is 0 Å². The van der Waals surface area contributed by atoms with Crippen LogP contribution in [-0.4, -0.2) is 18.4 Å². The molecule has 0 saturated carbocycles. The average Bonchev–Trinajstić information content (AvgIpc) is 2.06. The Hall–Kier alpha value is -0.730. The standard InChI is InChI=1S/C9H16O3/c1-6-7(5-9(2,3)4)12-8(10)11-6/h6-7H,5H2,1-4H3. The highest BCUT2D eigenvalue weighted by Gasteiger charge is 2.35. The fourth-order valence-corrected chi connectivity index (χ4v) is 1.29. The van der Waals surface area contributed by atoms with Gasteiger partial charge in [-0.3, -0.25) is 0 Å². The van der Waals surface area contributed by atoms with Gasteiger partial charge in [0.1, 0.15) is 12.2 Å². The summed E-state index contributed by atoms with van der Waals surface area (Å²) >= 11 is 0. The molecule has 0 radical (unpaired) electrons. The van der Waals surface area contributed by atoms with E-state index in [0.717, 1.165) is 6.42 Å². The molecule has 0 aromatic carbocycles. The van der Waals surface area contributed by atoms with Crippen molar-refractivity contribution in [2.24, 2.45) is 5.41 Å². The van der Waals surface area contributed by atoms with Gasteiger partial charge in [-0.15, -0.1) is 0 Å². The largest absolute Gasteiger partial charge is 0.509 e. The number of ether oxygens (including phenoxy) is 2. The Balaban J connectivity index is 2.48. The van der Waals surface area contributed by atoms with Gasteiger partial charge >= 0.3 is 6.16 Å². The first kappa shape index (κ1) is 9.36. The summed E-state index contributed by atoms with van der Waals surface area (Å²) in [4.78, 5) is 10.7. The summed E-state index contributed by atoms with van der Waals surface area (Å²) in [6.07, 6.45) is 0.144. The molecule has 3 heteroatoms. The van der Waals surface area contributed by atoms with Crippen LogP contribution in [0.2, 0.25) is 0 Å². The lowest BCUT2D eigenvalue weighted by atomic mass is 9.88. The maximum Gasteiger partial charge on any atom is 0.509 e. The Labute approximate surface area is 73.0 Å². The van der Waals surface area contributed by atoms with E-state index in [4.69, 9.17) is 9.47 Å². The van der Waals surface area contributed by atoms with Crippen LogP contribution in [0.15, 0.2) is 0 Å². The van der Waals surface area contributed by atoms with Gasteiger partial charge in [-0.1, -0.05) is 20.8 Å². The van der Waals surface area contributed by atoms with Gasteiger partial charge < -0.3 is 9.47 Å². The van der Waals surface area contributed by atoms with Gasteiger partial charge in [0.05, 0.1) is 0 Å². The zero-order chi connectivity index (χ0) is 9.35. The summed E-state index contributed by atoms with van der Waals surface area (Å²) in [6, 6.07) is 0. The molecule has 0 aromatic heterocycles. The van der Waals surface area contributed by atoms with Crippen LogP contribution < -0.4 is 0 Å². The minimum Gasteiger partial charge on any atom is -0.427 e. The van der Waals surface area contributed by atoms with Crippen LogP contribution in [-0.2, 0) is 9.47 Å². The lowest BCUT2D eigenvalue weighted by Gasteiger charge is -2.22. The van der Waals surface area contributed by atoms with Crippen LogP contribution in [0.3, 0.4) is 0 Å². The second-order valence-electron chi connectivity index (χ2n) is 4.49. The lowest BCUT2D eigenvalue weighted by molar-refractivity contribution is 0.103. The first-order valence-corrected chi connectivity index (χ1v) is 4.26. The molecule has 0 aliphatic carbocycles. The fraction of sp³-hybridized carbons (Fsp3) is 0.889. The van der Waals surface area contributed by atoms with Gasteiger partial charge in [-0.2, -0.15) is 0 Å². The monoisotopic (exact) mass is 172 g/mol. The molecule has 1 saturated heterocycles. The maximum atomic E-state index is 10.7. The minimum absolute atomic E-state index is 0.0718. The summed E-state index contributed by atoms with van der Waals surface area (Å²) in [5, 5.41) is 0. The van der Waals surface area contributed by atoms with Gasteiger partial charge in [-0.25, -0.2) is 4.79 Å². The Kier molecular flexibility index (Phi) is 2.31. The number of cyclic esters (lactones) is 2. The van der Waals surface area contributed by atoms with Crippen molar-refractivity contribution in [3.05, 3.63) is 0 Å². The summed E-state index contributed by atoms with van der Waals surface area (Å²) < 4.78 is 9.85. The molecule has 0 aromatic rings. The summed E-state index contributed by atoms with van der Waals surface area (Å²) in [7, 11) is 0. The normalized spacial score (nSPS) is 29.8. The number of hydrogen-bond donors (Lipinski definition) is 0. The van der Waals surface area contributed by atoms with E-state index in [0.29, 0.717) is 0 Å².